The summed E-state index contributed by atoms with van der Waals surface area (Å²) < 4.78 is 46.3. The molecule has 0 unspecified atom stereocenters. The average molecular weight is 392 g/mol. The van der Waals surface area contributed by atoms with Gasteiger partial charge in [-0.2, -0.15) is 13.2 Å². The lowest BCUT2D eigenvalue weighted by Crippen LogP contribution is -2.26. The molecule has 0 aliphatic carbocycles. The minimum absolute atomic E-state index is 0.00162. The Morgan fingerprint density at radius 2 is 1.86 bits per heavy atom. The Labute approximate surface area is 159 Å². The fraction of sp³-hybridized carbons (Fsp3) is 0.300. The minimum atomic E-state index is -4.64. The van der Waals surface area contributed by atoms with Crippen molar-refractivity contribution in [2.75, 3.05) is 6.61 Å². The van der Waals surface area contributed by atoms with Gasteiger partial charge >= 0.3 is 6.18 Å². The Morgan fingerprint density at radius 1 is 1.18 bits per heavy atom. The molecular formula is C20H19F3N2O3. The lowest BCUT2D eigenvalue weighted by atomic mass is 10.1. The lowest BCUT2D eigenvalue weighted by molar-refractivity contribution is -0.147. The van der Waals surface area contributed by atoms with Crippen LogP contribution in [0.15, 0.2) is 48.5 Å². The van der Waals surface area contributed by atoms with Gasteiger partial charge in [0.25, 0.3) is 0 Å². The van der Waals surface area contributed by atoms with E-state index in [4.69, 9.17) is 4.74 Å². The van der Waals surface area contributed by atoms with E-state index in [-0.39, 0.29) is 30.0 Å². The van der Waals surface area contributed by atoms with Crippen LogP contribution in [0, 0.1) is 0 Å². The molecule has 28 heavy (non-hydrogen) atoms. The number of aliphatic hydroxyl groups is 1. The molecule has 0 aliphatic heterocycles. The molecule has 1 atom stereocenters. The van der Waals surface area contributed by atoms with Crippen molar-refractivity contribution in [3.05, 3.63) is 59.9 Å². The van der Waals surface area contributed by atoms with Gasteiger partial charge in [0.15, 0.2) is 5.78 Å². The molecule has 0 aliphatic rings. The molecule has 0 saturated heterocycles. The predicted molar refractivity (Wildman–Crippen MR) is 97.3 cm³/mol. The van der Waals surface area contributed by atoms with Crippen molar-refractivity contribution in [1.82, 2.24) is 9.55 Å². The topological polar surface area (TPSA) is 64.3 Å². The first-order valence-electron chi connectivity index (χ1n) is 8.76. The summed E-state index contributed by atoms with van der Waals surface area (Å²) in [6, 6.07) is 12.6. The maximum Gasteiger partial charge on any atom is 0.449 e. The molecule has 0 fully saturated rings. The molecule has 0 bridgehead atoms. The van der Waals surface area contributed by atoms with Gasteiger partial charge in [-0.1, -0.05) is 19.1 Å². The van der Waals surface area contributed by atoms with Crippen LogP contribution in [0.4, 0.5) is 13.2 Å². The third-order valence-electron chi connectivity index (χ3n) is 4.24. The van der Waals surface area contributed by atoms with E-state index in [9.17, 15) is 23.1 Å². The van der Waals surface area contributed by atoms with E-state index in [1.54, 1.807) is 43.3 Å². The Balaban J connectivity index is 1.71. The van der Waals surface area contributed by atoms with E-state index in [1.807, 2.05) is 0 Å². The summed E-state index contributed by atoms with van der Waals surface area (Å²) in [7, 11) is 0. The first-order valence-corrected chi connectivity index (χ1v) is 8.76. The molecule has 0 spiro atoms. The maximum atomic E-state index is 13.3. The zero-order chi connectivity index (χ0) is 20.3. The number of alkyl halides is 3. The van der Waals surface area contributed by atoms with Crippen LogP contribution in [-0.4, -0.2) is 33.2 Å². The molecule has 0 radical (unpaired) electrons. The van der Waals surface area contributed by atoms with Gasteiger partial charge in [0.1, 0.15) is 18.5 Å². The van der Waals surface area contributed by atoms with Gasteiger partial charge in [0.05, 0.1) is 17.6 Å². The van der Waals surface area contributed by atoms with Crippen LogP contribution in [0.25, 0.3) is 11.0 Å². The molecule has 0 saturated carbocycles. The molecule has 148 valence electrons. The molecule has 0 amide bonds. The van der Waals surface area contributed by atoms with E-state index < -0.39 is 18.1 Å². The number of imidazole rings is 1. The fourth-order valence-corrected chi connectivity index (χ4v) is 2.87. The third-order valence-corrected chi connectivity index (χ3v) is 4.24. The van der Waals surface area contributed by atoms with Crippen LogP contribution < -0.4 is 4.74 Å². The Hall–Kier alpha value is -2.87. The molecule has 3 rings (SSSR count). The number of para-hydroxylation sites is 2. The van der Waals surface area contributed by atoms with Crippen molar-refractivity contribution in [1.29, 1.82) is 0 Å². The number of hydrogen-bond acceptors (Lipinski definition) is 4. The van der Waals surface area contributed by atoms with Crippen molar-refractivity contribution < 1.29 is 27.8 Å². The molecule has 1 heterocycles. The number of aliphatic hydroxyl groups excluding tert-OH is 1. The molecule has 1 aromatic heterocycles. The number of aromatic nitrogens is 2. The minimum Gasteiger partial charge on any atom is -0.491 e. The highest BCUT2D eigenvalue weighted by atomic mass is 19.4. The second-order valence-corrected chi connectivity index (χ2v) is 6.30. The van der Waals surface area contributed by atoms with Crippen LogP contribution in [0.1, 0.15) is 29.5 Å². The first kappa shape index (κ1) is 19.9. The molecule has 3 aromatic rings. The summed E-state index contributed by atoms with van der Waals surface area (Å²) in [6.45, 7) is 1.24. The largest absolute Gasteiger partial charge is 0.491 e. The Morgan fingerprint density at radius 3 is 2.50 bits per heavy atom. The van der Waals surface area contributed by atoms with Crippen molar-refractivity contribution in [2.24, 2.45) is 0 Å². The number of carbonyl (C=O) groups is 1. The Kier molecular flexibility index (Phi) is 5.69. The number of ketones is 1. The SMILES string of the molecule is CCC(=O)c1ccc(OC[C@H](O)Cn2c(C(F)(F)F)nc3ccccc32)cc1. The standard InChI is InChI=1S/C20H19F3N2O3/c1-2-18(27)13-7-9-15(10-8-13)28-12-14(26)11-25-17-6-4-3-5-16(17)24-19(25)20(21,22)23/h3-10,14,26H,2,11-12H2,1H3/t14-/m1/s1. The summed E-state index contributed by atoms with van der Waals surface area (Å²) in [5.74, 6) is -0.647. The first-order chi connectivity index (χ1) is 13.3. The average Bonchev–Trinajstić information content (AvgIpc) is 3.05. The quantitative estimate of drug-likeness (QED) is 0.615. The molecule has 8 heteroatoms. The van der Waals surface area contributed by atoms with Gasteiger partial charge in [-0.3, -0.25) is 4.79 Å². The van der Waals surface area contributed by atoms with Crippen molar-refractivity contribution in [3.63, 3.8) is 0 Å². The van der Waals surface area contributed by atoms with Gasteiger partial charge in [0, 0.05) is 12.0 Å². The van der Waals surface area contributed by atoms with Gasteiger partial charge in [0.2, 0.25) is 5.82 Å². The van der Waals surface area contributed by atoms with Gasteiger partial charge in [-0.25, -0.2) is 4.98 Å². The van der Waals surface area contributed by atoms with Crippen molar-refractivity contribution in [3.8, 4) is 5.75 Å². The zero-order valence-electron chi connectivity index (χ0n) is 15.1. The number of rotatable bonds is 7. The number of fused-ring (bicyclic) bond motifs is 1. The van der Waals surface area contributed by atoms with Crippen LogP contribution in [0.3, 0.4) is 0 Å². The van der Waals surface area contributed by atoms with E-state index >= 15 is 0 Å². The number of carbonyl (C=O) groups excluding carboxylic acids is 1. The van der Waals surface area contributed by atoms with Crippen LogP contribution >= 0.6 is 0 Å². The smallest absolute Gasteiger partial charge is 0.449 e. The molecule has 1 N–H and O–H groups in total. The normalized spacial score (nSPS) is 12.9. The second-order valence-electron chi connectivity index (χ2n) is 6.30. The zero-order valence-corrected chi connectivity index (χ0v) is 15.1. The van der Waals surface area contributed by atoms with E-state index in [1.165, 1.54) is 12.1 Å². The second kappa shape index (κ2) is 8.02. The van der Waals surface area contributed by atoms with Gasteiger partial charge in [-0.15, -0.1) is 0 Å². The number of halogens is 3. The summed E-state index contributed by atoms with van der Waals surface area (Å²) in [5.41, 5.74) is 1.05. The third kappa shape index (κ3) is 4.33. The summed E-state index contributed by atoms with van der Waals surface area (Å²) in [6.07, 6.45) is -5.43. The molecule has 2 aromatic carbocycles. The number of benzene rings is 2. The van der Waals surface area contributed by atoms with Crippen LogP contribution in [0.2, 0.25) is 0 Å². The van der Waals surface area contributed by atoms with Crippen molar-refractivity contribution in [2.45, 2.75) is 32.2 Å². The highest BCUT2D eigenvalue weighted by Gasteiger charge is 2.37. The van der Waals surface area contributed by atoms with Gasteiger partial charge < -0.3 is 14.4 Å². The molecule has 5 nitrogen and oxygen atoms in total. The predicted octanol–water partition coefficient (Wildman–Crippen LogP) is 4.09. The number of ether oxygens (including phenoxy) is 1. The van der Waals surface area contributed by atoms with E-state index in [0.717, 1.165) is 4.57 Å². The van der Waals surface area contributed by atoms with E-state index in [0.29, 0.717) is 17.7 Å². The highest BCUT2D eigenvalue weighted by Crippen LogP contribution is 2.31. The highest BCUT2D eigenvalue weighted by molar-refractivity contribution is 5.95. The summed E-state index contributed by atoms with van der Waals surface area (Å²) in [5, 5.41) is 10.2. The summed E-state index contributed by atoms with van der Waals surface area (Å²) >= 11 is 0. The fourth-order valence-electron chi connectivity index (χ4n) is 2.87. The number of Topliss-reactive ketones (excluding diaryl/α,β-unsaturated/α-hetero) is 1. The maximum absolute atomic E-state index is 13.3. The van der Waals surface area contributed by atoms with Crippen LogP contribution in [0.5, 0.6) is 5.75 Å². The van der Waals surface area contributed by atoms with E-state index in [2.05, 4.69) is 4.98 Å². The molecular weight excluding hydrogens is 373 g/mol. The number of hydrogen-bond donors (Lipinski definition) is 1. The lowest BCUT2D eigenvalue weighted by Gasteiger charge is -2.16. The Bertz CT molecular complexity index is 965. The van der Waals surface area contributed by atoms with Gasteiger partial charge in [-0.05, 0) is 36.4 Å². The van der Waals surface area contributed by atoms with Crippen LogP contribution in [-0.2, 0) is 12.7 Å². The summed E-state index contributed by atoms with van der Waals surface area (Å²) in [4.78, 5) is 15.3. The van der Waals surface area contributed by atoms with Crippen molar-refractivity contribution >= 4 is 16.8 Å². The monoisotopic (exact) mass is 392 g/mol. The number of nitrogens with zero attached hydrogens (tertiary/aromatic N) is 2.